The van der Waals surface area contributed by atoms with Gasteiger partial charge in [-0.1, -0.05) is 0 Å². The Kier molecular flexibility index (Phi) is 1.43. The minimum absolute atomic E-state index is 0.0128. The fraction of sp³-hybridized carbons (Fsp3) is 0.111. The molecule has 0 spiro atoms. The second-order valence-corrected chi connectivity index (χ2v) is 2.73. The van der Waals surface area contributed by atoms with Crippen molar-refractivity contribution in [3.8, 4) is 5.88 Å². The Morgan fingerprint density at radius 3 is 3.00 bits per heavy atom. The number of aromatic hydroxyl groups is 1. The van der Waals surface area contributed by atoms with Crippen molar-refractivity contribution in [1.82, 2.24) is 9.97 Å². The summed E-state index contributed by atoms with van der Waals surface area (Å²) in [6, 6.07) is 5.34. The van der Waals surface area contributed by atoms with Crippen molar-refractivity contribution in [2.45, 2.75) is 6.92 Å². The minimum atomic E-state index is 0.0128. The van der Waals surface area contributed by atoms with Crippen molar-refractivity contribution in [2.24, 2.45) is 0 Å². The molecule has 3 heteroatoms. The van der Waals surface area contributed by atoms with Crippen molar-refractivity contribution >= 4 is 11.0 Å². The van der Waals surface area contributed by atoms with Crippen LogP contribution in [0.25, 0.3) is 11.0 Å². The quantitative estimate of drug-likeness (QED) is 0.637. The first kappa shape index (κ1) is 7.03. The normalized spacial score (nSPS) is 10.4. The smallest absolute Gasteiger partial charge is 0.212 e. The van der Waals surface area contributed by atoms with Crippen molar-refractivity contribution < 1.29 is 5.11 Å². The van der Waals surface area contributed by atoms with Crippen molar-refractivity contribution in [2.75, 3.05) is 0 Å². The van der Waals surface area contributed by atoms with E-state index in [-0.39, 0.29) is 5.88 Å². The van der Waals surface area contributed by atoms with Crippen LogP contribution in [0.5, 0.6) is 5.88 Å². The van der Waals surface area contributed by atoms with Crippen LogP contribution >= 0.6 is 0 Å². The van der Waals surface area contributed by atoms with Gasteiger partial charge in [-0.15, -0.1) is 0 Å². The maximum atomic E-state index is 9.05. The summed E-state index contributed by atoms with van der Waals surface area (Å²) in [5, 5.41) is 10.0. The third kappa shape index (κ3) is 1.09. The molecule has 2 aromatic rings. The molecule has 0 saturated carbocycles. The molecule has 0 aromatic carbocycles. The van der Waals surface area contributed by atoms with Crippen LogP contribution < -0.4 is 0 Å². The monoisotopic (exact) mass is 160 g/mol. The lowest BCUT2D eigenvalue weighted by molar-refractivity contribution is 0.455. The van der Waals surface area contributed by atoms with E-state index in [2.05, 4.69) is 9.97 Å². The topological polar surface area (TPSA) is 46.0 Å². The van der Waals surface area contributed by atoms with Gasteiger partial charge in [-0.25, -0.2) is 4.98 Å². The lowest BCUT2D eigenvalue weighted by atomic mass is 10.2. The number of hydrogen-bond donors (Lipinski definition) is 1. The zero-order chi connectivity index (χ0) is 8.55. The van der Waals surface area contributed by atoms with E-state index in [4.69, 9.17) is 5.11 Å². The van der Waals surface area contributed by atoms with E-state index in [9.17, 15) is 0 Å². The number of nitrogens with zero attached hydrogens (tertiary/aromatic N) is 2. The highest BCUT2D eigenvalue weighted by atomic mass is 16.3. The largest absolute Gasteiger partial charge is 0.493 e. The molecule has 0 aliphatic heterocycles. The lowest BCUT2D eigenvalue weighted by Crippen LogP contribution is -1.84. The third-order valence-corrected chi connectivity index (χ3v) is 1.66. The molecule has 0 saturated heterocycles. The highest BCUT2D eigenvalue weighted by Crippen LogP contribution is 2.13. The fourth-order valence-electron chi connectivity index (χ4n) is 1.11. The van der Waals surface area contributed by atoms with E-state index in [1.807, 2.05) is 13.0 Å². The number of aryl methyl sites for hydroxylation is 1. The molecular weight excluding hydrogens is 152 g/mol. The van der Waals surface area contributed by atoms with Gasteiger partial charge < -0.3 is 5.11 Å². The summed E-state index contributed by atoms with van der Waals surface area (Å²) in [5.41, 5.74) is 1.68. The van der Waals surface area contributed by atoms with Crippen molar-refractivity contribution in [3.63, 3.8) is 0 Å². The molecular formula is C9H8N2O. The summed E-state index contributed by atoms with van der Waals surface area (Å²) in [4.78, 5) is 7.93. The average Bonchev–Trinajstić information content (AvgIpc) is 2.05. The molecule has 0 radical (unpaired) electrons. The maximum absolute atomic E-state index is 9.05. The second-order valence-electron chi connectivity index (χ2n) is 2.73. The Morgan fingerprint density at radius 1 is 1.33 bits per heavy atom. The van der Waals surface area contributed by atoms with Crippen LogP contribution in [0.4, 0.5) is 0 Å². The Bertz CT molecular complexity index is 385. The summed E-state index contributed by atoms with van der Waals surface area (Å²) in [6.45, 7) is 1.97. The Morgan fingerprint density at radius 2 is 2.17 bits per heavy atom. The summed E-state index contributed by atoms with van der Waals surface area (Å²) in [6.07, 6.45) is 1.73. The summed E-state index contributed by atoms with van der Waals surface area (Å²) < 4.78 is 0. The van der Waals surface area contributed by atoms with Crippen LogP contribution in [0.2, 0.25) is 0 Å². The molecule has 2 rings (SSSR count). The SMILES string of the molecule is Cc1cnc2nc(O)ccc2c1. The number of rotatable bonds is 0. The molecule has 3 nitrogen and oxygen atoms in total. The first-order valence-corrected chi connectivity index (χ1v) is 3.68. The lowest BCUT2D eigenvalue weighted by Gasteiger charge is -1.97. The molecule has 0 bridgehead atoms. The van der Waals surface area contributed by atoms with Gasteiger partial charge in [0.1, 0.15) is 0 Å². The predicted octanol–water partition coefficient (Wildman–Crippen LogP) is 1.64. The van der Waals surface area contributed by atoms with E-state index < -0.39 is 0 Å². The van der Waals surface area contributed by atoms with E-state index in [1.165, 1.54) is 0 Å². The van der Waals surface area contributed by atoms with Crippen LogP contribution in [0.15, 0.2) is 24.4 Å². The first-order chi connectivity index (χ1) is 5.75. The number of fused-ring (bicyclic) bond motifs is 1. The van der Waals surface area contributed by atoms with Gasteiger partial charge in [0.2, 0.25) is 5.88 Å². The first-order valence-electron chi connectivity index (χ1n) is 3.68. The summed E-state index contributed by atoms with van der Waals surface area (Å²) in [5.74, 6) is 0.0128. The summed E-state index contributed by atoms with van der Waals surface area (Å²) in [7, 11) is 0. The summed E-state index contributed by atoms with van der Waals surface area (Å²) >= 11 is 0. The van der Waals surface area contributed by atoms with Gasteiger partial charge >= 0.3 is 0 Å². The predicted molar refractivity (Wildman–Crippen MR) is 45.9 cm³/mol. The highest BCUT2D eigenvalue weighted by molar-refractivity contribution is 5.75. The molecule has 12 heavy (non-hydrogen) atoms. The van der Waals surface area contributed by atoms with Gasteiger partial charge in [0.15, 0.2) is 5.65 Å². The average molecular weight is 160 g/mol. The number of hydrogen-bond acceptors (Lipinski definition) is 3. The fourth-order valence-corrected chi connectivity index (χ4v) is 1.11. The van der Waals surface area contributed by atoms with Gasteiger partial charge in [0.25, 0.3) is 0 Å². The van der Waals surface area contributed by atoms with E-state index >= 15 is 0 Å². The zero-order valence-corrected chi connectivity index (χ0v) is 6.65. The van der Waals surface area contributed by atoms with Crippen LogP contribution in [0, 0.1) is 6.92 Å². The second kappa shape index (κ2) is 2.44. The highest BCUT2D eigenvalue weighted by Gasteiger charge is 1.96. The maximum Gasteiger partial charge on any atom is 0.212 e. The van der Waals surface area contributed by atoms with Gasteiger partial charge in [-0.2, -0.15) is 4.98 Å². The molecule has 2 aromatic heterocycles. The molecule has 2 heterocycles. The van der Waals surface area contributed by atoms with E-state index in [0.717, 1.165) is 10.9 Å². The molecule has 0 atom stereocenters. The third-order valence-electron chi connectivity index (χ3n) is 1.66. The van der Waals surface area contributed by atoms with Crippen LogP contribution in [0.3, 0.4) is 0 Å². The van der Waals surface area contributed by atoms with Crippen molar-refractivity contribution in [1.29, 1.82) is 0 Å². The van der Waals surface area contributed by atoms with E-state index in [0.29, 0.717) is 5.65 Å². The molecule has 0 aliphatic carbocycles. The number of aromatic nitrogens is 2. The Hall–Kier alpha value is -1.64. The molecule has 0 aliphatic rings. The van der Waals surface area contributed by atoms with Gasteiger partial charge in [0, 0.05) is 17.6 Å². The zero-order valence-electron chi connectivity index (χ0n) is 6.65. The Labute approximate surface area is 69.7 Å². The van der Waals surface area contributed by atoms with Gasteiger partial charge in [-0.3, -0.25) is 0 Å². The molecule has 0 unspecified atom stereocenters. The van der Waals surface area contributed by atoms with Crippen LogP contribution in [-0.4, -0.2) is 15.1 Å². The number of pyridine rings is 2. The van der Waals surface area contributed by atoms with Gasteiger partial charge in [-0.05, 0) is 24.6 Å². The molecule has 0 fully saturated rings. The molecule has 0 amide bonds. The van der Waals surface area contributed by atoms with Gasteiger partial charge in [0.05, 0.1) is 0 Å². The Balaban J connectivity index is 2.79. The van der Waals surface area contributed by atoms with Crippen LogP contribution in [0.1, 0.15) is 5.56 Å². The molecule has 1 N–H and O–H groups in total. The van der Waals surface area contributed by atoms with Crippen molar-refractivity contribution in [3.05, 3.63) is 30.0 Å². The van der Waals surface area contributed by atoms with E-state index in [1.54, 1.807) is 18.3 Å². The standard InChI is InChI=1S/C9H8N2O/c1-6-4-7-2-3-8(12)11-9(7)10-5-6/h2-5H,1H3,(H,10,11,12). The van der Waals surface area contributed by atoms with Crippen LogP contribution in [-0.2, 0) is 0 Å². The minimum Gasteiger partial charge on any atom is -0.493 e. The molecule has 60 valence electrons.